The van der Waals surface area contributed by atoms with E-state index < -0.39 is 16.1 Å². The molecule has 0 spiro atoms. The molecule has 0 saturated carbocycles. The van der Waals surface area contributed by atoms with Gasteiger partial charge in [-0.15, -0.1) is 11.8 Å². The van der Waals surface area contributed by atoms with Crippen LogP contribution < -0.4 is 0 Å². The predicted octanol–water partition coefficient (Wildman–Crippen LogP) is 2.81. The zero-order valence-electron chi connectivity index (χ0n) is 8.21. The molecule has 0 bridgehead atoms. The van der Waals surface area contributed by atoms with Gasteiger partial charge in [-0.2, -0.15) is 0 Å². The average molecular weight is 262 g/mol. The lowest BCUT2D eigenvalue weighted by atomic mass is 10.3. The lowest BCUT2D eigenvalue weighted by Crippen LogP contribution is -2.11. The van der Waals surface area contributed by atoms with Crippen molar-refractivity contribution in [1.82, 2.24) is 0 Å². The van der Waals surface area contributed by atoms with Crippen LogP contribution >= 0.6 is 23.4 Å². The Kier molecular flexibility index (Phi) is 4.14. The van der Waals surface area contributed by atoms with Gasteiger partial charge in [-0.25, -0.2) is 0 Å². The van der Waals surface area contributed by atoms with Crippen molar-refractivity contribution in [2.24, 2.45) is 0 Å². The number of carboxylic acid groups (broad SMARTS) is 1. The molecule has 1 atom stereocenters. The van der Waals surface area contributed by atoms with E-state index in [2.05, 4.69) is 0 Å². The van der Waals surface area contributed by atoms with Crippen LogP contribution in [0.1, 0.15) is 6.92 Å². The van der Waals surface area contributed by atoms with Crippen LogP contribution in [0.4, 0.5) is 5.69 Å². The second kappa shape index (κ2) is 5.18. The summed E-state index contributed by atoms with van der Waals surface area (Å²) in [7, 11) is 0. The number of nitrogens with zero attached hydrogens (tertiary/aromatic N) is 1. The number of nitro groups is 1. The fourth-order valence-electron chi connectivity index (χ4n) is 0.985. The van der Waals surface area contributed by atoms with Crippen molar-refractivity contribution in [2.75, 3.05) is 0 Å². The van der Waals surface area contributed by atoms with E-state index >= 15 is 0 Å². The maximum atomic E-state index is 10.7. The SMILES string of the molecule is CC(Sc1c(Cl)cccc1[N+](=O)[O-])C(=O)O. The molecule has 0 aliphatic rings. The van der Waals surface area contributed by atoms with Gasteiger partial charge in [0.15, 0.2) is 0 Å². The van der Waals surface area contributed by atoms with Crippen LogP contribution in [0.3, 0.4) is 0 Å². The third kappa shape index (κ3) is 2.86. The van der Waals surface area contributed by atoms with E-state index in [4.69, 9.17) is 16.7 Å². The number of thioether (sulfide) groups is 1. The van der Waals surface area contributed by atoms with Crippen LogP contribution in [0, 0.1) is 10.1 Å². The number of carbonyl (C=O) groups is 1. The van der Waals surface area contributed by atoms with E-state index in [0.29, 0.717) is 0 Å². The average Bonchev–Trinajstić information content (AvgIpc) is 2.20. The molecule has 0 radical (unpaired) electrons. The Bertz CT molecular complexity index is 438. The topological polar surface area (TPSA) is 80.4 Å². The lowest BCUT2D eigenvalue weighted by Gasteiger charge is -2.07. The van der Waals surface area contributed by atoms with Crippen molar-refractivity contribution in [3.05, 3.63) is 33.3 Å². The van der Waals surface area contributed by atoms with E-state index in [1.807, 2.05) is 0 Å². The van der Waals surface area contributed by atoms with Crippen molar-refractivity contribution in [1.29, 1.82) is 0 Å². The van der Waals surface area contributed by atoms with Gasteiger partial charge >= 0.3 is 5.97 Å². The summed E-state index contributed by atoms with van der Waals surface area (Å²) >= 11 is 6.66. The largest absolute Gasteiger partial charge is 0.480 e. The first-order valence-electron chi connectivity index (χ1n) is 4.26. The number of benzene rings is 1. The number of hydrogen-bond donors (Lipinski definition) is 1. The molecule has 1 unspecified atom stereocenters. The zero-order chi connectivity index (χ0) is 12.3. The number of carboxylic acids is 1. The quantitative estimate of drug-likeness (QED) is 0.512. The Morgan fingerprint density at radius 3 is 2.75 bits per heavy atom. The van der Waals surface area contributed by atoms with Gasteiger partial charge in [0.1, 0.15) is 10.1 Å². The summed E-state index contributed by atoms with van der Waals surface area (Å²) in [4.78, 5) is 21.0. The summed E-state index contributed by atoms with van der Waals surface area (Å²) < 4.78 is 0. The van der Waals surface area contributed by atoms with E-state index in [1.54, 1.807) is 0 Å². The summed E-state index contributed by atoms with van der Waals surface area (Å²) in [5.74, 6) is -1.04. The molecule has 0 heterocycles. The predicted molar refractivity (Wildman–Crippen MR) is 61.1 cm³/mol. The van der Waals surface area contributed by atoms with Crippen molar-refractivity contribution >= 4 is 35.0 Å². The summed E-state index contributed by atoms with van der Waals surface area (Å²) in [6, 6.07) is 4.24. The third-order valence-electron chi connectivity index (χ3n) is 1.79. The van der Waals surface area contributed by atoms with Gasteiger partial charge in [0.25, 0.3) is 5.69 Å². The number of rotatable bonds is 4. The fraction of sp³-hybridized carbons (Fsp3) is 0.222. The second-order valence-electron chi connectivity index (χ2n) is 2.94. The van der Waals surface area contributed by atoms with Crippen LogP contribution in [0.5, 0.6) is 0 Å². The highest BCUT2D eigenvalue weighted by Crippen LogP contribution is 2.37. The molecule has 0 aliphatic heterocycles. The van der Waals surface area contributed by atoms with Crippen molar-refractivity contribution < 1.29 is 14.8 Å². The van der Waals surface area contributed by atoms with Gasteiger partial charge in [0.2, 0.25) is 0 Å². The van der Waals surface area contributed by atoms with Crippen molar-refractivity contribution in [3.63, 3.8) is 0 Å². The Hall–Kier alpha value is -1.27. The standard InChI is InChI=1S/C9H8ClNO4S/c1-5(9(12)13)16-8-6(10)3-2-4-7(8)11(14)15/h2-5H,1H3,(H,12,13). The summed E-state index contributed by atoms with van der Waals surface area (Å²) in [5, 5.41) is 18.8. The number of halogens is 1. The minimum atomic E-state index is -1.04. The highest BCUT2D eigenvalue weighted by atomic mass is 35.5. The van der Waals surface area contributed by atoms with Gasteiger partial charge < -0.3 is 5.11 Å². The molecule has 5 nitrogen and oxygen atoms in total. The first-order valence-corrected chi connectivity index (χ1v) is 5.51. The van der Waals surface area contributed by atoms with E-state index in [0.717, 1.165) is 11.8 Å². The van der Waals surface area contributed by atoms with Crippen molar-refractivity contribution in [2.45, 2.75) is 17.1 Å². The third-order valence-corrected chi connectivity index (χ3v) is 3.43. The minimum Gasteiger partial charge on any atom is -0.480 e. The van der Waals surface area contributed by atoms with Crippen LogP contribution in [-0.2, 0) is 4.79 Å². The molecule has 1 N–H and O–H groups in total. The summed E-state index contributed by atoms with van der Waals surface area (Å²) in [6.07, 6.45) is 0. The van der Waals surface area contributed by atoms with Crippen LogP contribution in [-0.4, -0.2) is 21.2 Å². The minimum absolute atomic E-state index is 0.175. The zero-order valence-corrected chi connectivity index (χ0v) is 9.79. The molecule has 0 aromatic heterocycles. The maximum absolute atomic E-state index is 10.7. The molecular formula is C9H8ClNO4S. The Morgan fingerprint density at radius 1 is 1.62 bits per heavy atom. The van der Waals surface area contributed by atoms with Gasteiger partial charge in [-0.3, -0.25) is 14.9 Å². The molecule has 1 aromatic carbocycles. The molecule has 1 aromatic rings. The molecule has 86 valence electrons. The Labute approximate surface area is 101 Å². The molecular weight excluding hydrogens is 254 g/mol. The monoisotopic (exact) mass is 261 g/mol. The number of nitro benzene ring substituents is 1. The normalized spacial score (nSPS) is 12.1. The fourth-order valence-corrected chi connectivity index (χ4v) is 2.19. The first-order chi connectivity index (χ1) is 7.43. The second-order valence-corrected chi connectivity index (χ2v) is 4.70. The highest BCUT2D eigenvalue weighted by molar-refractivity contribution is 8.00. The molecule has 0 amide bonds. The van der Waals surface area contributed by atoms with E-state index in [1.165, 1.54) is 25.1 Å². The van der Waals surface area contributed by atoms with Gasteiger partial charge in [-0.05, 0) is 13.0 Å². The van der Waals surface area contributed by atoms with Crippen LogP contribution in [0.25, 0.3) is 0 Å². The van der Waals surface area contributed by atoms with Crippen LogP contribution in [0.15, 0.2) is 23.1 Å². The molecule has 0 saturated heterocycles. The van der Waals surface area contributed by atoms with Gasteiger partial charge in [-0.1, -0.05) is 17.7 Å². The van der Waals surface area contributed by atoms with E-state index in [-0.39, 0.29) is 15.6 Å². The molecule has 0 fully saturated rings. The number of aliphatic carboxylic acids is 1. The molecule has 16 heavy (non-hydrogen) atoms. The van der Waals surface area contributed by atoms with Crippen molar-refractivity contribution in [3.8, 4) is 0 Å². The molecule has 0 aliphatic carbocycles. The maximum Gasteiger partial charge on any atom is 0.316 e. The van der Waals surface area contributed by atoms with Gasteiger partial charge in [0, 0.05) is 6.07 Å². The summed E-state index contributed by atoms with van der Waals surface area (Å²) in [5.41, 5.74) is -0.175. The van der Waals surface area contributed by atoms with E-state index in [9.17, 15) is 14.9 Å². The number of hydrogen-bond acceptors (Lipinski definition) is 4. The smallest absolute Gasteiger partial charge is 0.316 e. The Balaban J connectivity index is 3.11. The molecule has 1 rings (SSSR count). The highest BCUT2D eigenvalue weighted by Gasteiger charge is 2.22. The first kappa shape index (κ1) is 12.8. The Morgan fingerprint density at radius 2 is 2.25 bits per heavy atom. The molecule has 7 heteroatoms. The van der Waals surface area contributed by atoms with Gasteiger partial charge in [0.05, 0.1) is 9.95 Å². The van der Waals surface area contributed by atoms with Crippen LogP contribution in [0.2, 0.25) is 5.02 Å². The summed E-state index contributed by atoms with van der Waals surface area (Å²) in [6.45, 7) is 1.44. The lowest BCUT2D eigenvalue weighted by molar-refractivity contribution is -0.387.